The molecule has 0 saturated carbocycles. The molecule has 2 fully saturated rings. The van der Waals surface area contributed by atoms with Gasteiger partial charge >= 0.3 is 0 Å². The van der Waals surface area contributed by atoms with Crippen LogP contribution in [0.4, 0.5) is 5.69 Å². The van der Waals surface area contributed by atoms with Crippen molar-refractivity contribution < 1.29 is 4.92 Å². The van der Waals surface area contributed by atoms with E-state index in [9.17, 15) is 10.1 Å². The van der Waals surface area contributed by atoms with E-state index >= 15 is 0 Å². The molecule has 0 radical (unpaired) electrons. The Hall–Kier alpha value is -1.17. The van der Waals surface area contributed by atoms with Crippen LogP contribution < -0.4 is 5.32 Å². The topological polar surface area (TPSA) is 58.4 Å². The number of halogens is 1. The number of hydrogen-bond acceptors (Lipinski definition) is 4. The Bertz CT molecular complexity index is 523. The van der Waals surface area contributed by atoms with Crippen molar-refractivity contribution in [2.24, 2.45) is 0 Å². The first-order valence-corrected chi connectivity index (χ1v) is 7.41. The average Bonchev–Trinajstić information content (AvgIpc) is 2.72. The van der Waals surface area contributed by atoms with Gasteiger partial charge in [-0.25, -0.2) is 0 Å². The van der Waals surface area contributed by atoms with E-state index in [1.54, 1.807) is 12.1 Å². The summed E-state index contributed by atoms with van der Waals surface area (Å²) in [6.45, 7) is 2.93. The number of nitrogens with zero attached hydrogens (tertiary/aromatic N) is 2. The normalized spacial score (nSPS) is 26.4. The lowest BCUT2D eigenvalue weighted by molar-refractivity contribution is -0.384. The highest BCUT2D eigenvalue weighted by atomic mass is 35.5. The second kappa shape index (κ2) is 5.68. The van der Waals surface area contributed by atoms with Gasteiger partial charge in [-0.05, 0) is 30.9 Å². The SMILES string of the molecule is O=[N+]([O-])c1ccc(CN2CCC3CCC(C2)N3)cc1Cl. The molecule has 2 aliphatic rings. The molecule has 0 amide bonds. The molecule has 0 aromatic heterocycles. The molecule has 2 saturated heterocycles. The first kappa shape index (κ1) is 13.8. The minimum absolute atomic E-state index is 0.0213. The van der Waals surface area contributed by atoms with Crippen LogP contribution in [0, 0.1) is 10.1 Å². The van der Waals surface area contributed by atoms with Crippen molar-refractivity contribution in [3.8, 4) is 0 Å². The summed E-state index contributed by atoms with van der Waals surface area (Å²) in [4.78, 5) is 12.7. The molecule has 1 aromatic rings. The molecular formula is C14H18ClN3O2. The third-order valence-electron chi connectivity index (χ3n) is 4.22. The molecule has 0 spiro atoms. The van der Waals surface area contributed by atoms with E-state index in [0.29, 0.717) is 12.1 Å². The summed E-state index contributed by atoms with van der Waals surface area (Å²) < 4.78 is 0. The van der Waals surface area contributed by atoms with Gasteiger partial charge in [0, 0.05) is 37.8 Å². The summed E-state index contributed by atoms with van der Waals surface area (Å²) >= 11 is 5.96. The van der Waals surface area contributed by atoms with Crippen LogP contribution >= 0.6 is 11.6 Å². The van der Waals surface area contributed by atoms with E-state index < -0.39 is 4.92 Å². The summed E-state index contributed by atoms with van der Waals surface area (Å²) in [6, 6.07) is 6.29. The summed E-state index contributed by atoms with van der Waals surface area (Å²) in [7, 11) is 0. The molecule has 3 rings (SSSR count). The van der Waals surface area contributed by atoms with Gasteiger partial charge in [0.15, 0.2) is 0 Å². The Morgan fingerprint density at radius 1 is 1.35 bits per heavy atom. The minimum Gasteiger partial charge on any atom is -0.310 e. The van der Waals surface area contributed by atoms with Gasteiger partial charge in [-0.3, -0.25) is 15.0 Å². The monoisotopic (exact) mass is 295 g/mol. The molecule has 1 N–H and O–H groups in total. The van der Waals surface area contributed by atoms with Crippen LogP contribution in [0.1, 0.15) is 24.8 Å². The second-order valence-corrected chi connectivity index (χ2v) is 6.11. The number of hydrogen-bond donors (Lipinski definition) is 1. The van der Waals surface area contributed by atoms with Gasteiger partial charge in [0.25, 0.3) is 5.69 Å². The highest BCUT2D eigenvalue weighted by Crippen LogP contribution is 2.26. The van der Waals surface area contributed by atoms with Crippen molar-refractivity contribution in [1.29, 1.82) is 0 Å². The van der Waals surface area contributed by atoms with Gasteiger partial charge in [-0.1, -0.05) is 17.7 Å². The number of likely N-dealkylation sites (tertiary alicyclic amines) is 1. The Kier molecular flexibility index (Phi) is 3.92. The number of nitro benzene ring substituents is 1. The summed E-state index contributed by atoms with van der Waals surface area (Å²) in [5.74, 6) is 0. The number of fused-ring (bicyclic) bond motifs is 2. The van der Waals surface area contributed by atoms with Crippen molar-refractivity contribution in [2.75, 3.05) is 13.1 Å². The Labute approximate surface area is 123 Å². The second-order valence-electron chi connectivity index (χ2n) is 5.70. The molecule has 0 aliphatic carbocycles. The van der Waals surface area contributed by atoms with Crippen molar-refractivity contribution in [1.82, 2.24) is 10.2 Å². The third kappa shape index (κ3) is 2.95. The molecule has 5 nitrogen and oxygen atoms in total. The third-order valence-corrected chi connectivity index (χ3v) is 4.53. The van der Waals surface area contributed by atoms with Gasteiger partial charge in [0.1, 0.15) is 5.02 Å². The lowest BCUT2D eigenvalue weighted by Crippen LogP contribution is -2.34. The number of benzene rings is 1. The van der Waals surface area contributed by atoms with E-state index in [2.05, 4.69) is 10.2 Å². The summed E-state index contributed by atoms with van der Waals surface area (Å²) in [5, 5.41) is 14.6. The Morgan fingerprint density at radius 2 is 2.15 bits per heavy atom. The highest BCUT2D eigenvalue weighted by molar-refractivity contribution is 6.32. The molecular weight excluding hydrogens is 278 g/mol. The van der Waals surface area contributed by atoms with Crippen molar-refractivity contribution in [2.45, 2.75) is 37.9 Å². The molecule has 2 aliphatic heterocycles. The molecule has 2 unspecified atom stereocenters. The lowest BCUT2D eigenvalue weighted by atomic mass is 10.1. The molecule has 2 bridgehead atoms. The maximum Gasteiger partial charge on any atom is 0.287 e. The zero-order valence-electron chi connectivity index (χ0n) is 11.2. The maximum atomic E-state index is 10.8. The largest absolute Gasteiger partial charge is 0.310 e. The predicted molar refractivity (Wildman–Crippen MR) is 77.9 cm³/mol. The first-order valence-electron chi connectivity index (χ1n) is 7.03. The van der Waals surface area contributed by atoms with E-state index in [1.165, 1.54) is 25.3 Å². The van der Waals surface area contributed by atoms with Crippen LogP contribution in [0.2, 0.25) is 5.02 Å². The smallest absolute Gasteiger partial charge is 0.287 e. The Morgan fingerprint density at radius 3 is 2.90 bits per heavy atom. The fourth-order valence-electron chi connectivity index (χ4n) is 3.21. The van der Waals surface area contributed by atoms with Crippen LogP contribution in [0.25, 0.3) is 0 Å². The van der Waals surface area contributed by atoms with Crippen LogP contribution in [-0.4, -0.2) is 35.0 Å². The van der Waals surface area contributed by atoms with Crippen LogP contribution in [0.5, 0.6) is 0 Å². The highest BCUT2D eigenvalue weighted by Gasteiger charge is 2.29. The van der Waals surface area contributed by atoms with Gasteiger partial charge in [0.05, 0.1) is 4.92 Å². The molecule has 2 heterocycles. The number of nitro groups is 1. The molecule has 1 aromatic carbocycles. The standard InChI is InChI=1S/C14H18ClN3O2/c15-13-7-10(1-4-14(13)18(19)20)8-17-6-5-11-2-3-12(9-17)16-11/h1,4,7,11-12,16H,2-3,5-6,8-9H2. The van der Waals surface area contributed by atoms with Gasteiger partial charge < -0.3 is 5.32 Å². The summed E-state index contributed by atoms with van der Waals surface area (Å²) in [6.07, 6.45) is 3.72. The zero-order valence-corrected chi connectivity index (χ0v) is 12.0. The molecule has 108 valence electrons. The zero-order chi connectivity index (χ0) is 14.1. The number of rotatable bonds is 3. The predicted octanol–water partition coefficient (Wildman–Crippen LogP) is 2.57. The maximum absolute atomic E-state index is 10.8. The first-order chi connectivity index (χ1) is 9.61. The van der Waals surface area contributed by atoms with E-state index in [0.717, 1.165) is 25.2 Å². The lowest BCUT2D eigenvalue weighted by Gasteiger charge is -2.24. The molecule has 2 atom stereocenters. The fraction of sp³-hybridized carbons (Fsp3) is 0.571. The fourth-order valence-corrected chi connectivity index (χ4v) is 3.49. The van der Waals surface area contributed by atoms with E-state index in [1.807, 2.05) is 0 Å². The van der Waals surface area contributed by atoms with Crippen LogP contribution in [0.15, 0.2) is 18.2 Å². The summed E-state index contributed by atoms with van der Waals surface area (Å²) in [5.41, 5.74) is 1.02. The quantitative estimate of drug-likeness (QED) is 0.688. The van der Waals surface area contributed by atoms with Gasteiger partial charge in [0.2, 0.25) is 0 Å². The van der Waals surface area contributed by atoms with Crippen molar-refractivity contribution in [3.05, 3.63) is 38.9 Å². The van der Waals surface area contributed by atoms with E-state index in [4.69, 9.17) is 11.6 Å². The van der Waals surface area contributed by atoms with Gasteiger partial charge in [-0.15, -0.1) is 0 Å². The van der Waals surface area contributed by atoms with E-state index in [-0.39, 0.29) is 10.7 Å². The van der Waals surface area contributed by atoms with Crippen LogP contribution in [-0.2, 0) is 6.54 Å². The van der Waals surface area contributed by atoms with Gasteiger partial charge in [-0.2, -0.15) is 0 Å². The van der Waals surface area contributed by atoms with Crippen molar-refractivity contribution in [3.63, 3.8) is 0 Å². The average molecular weight is 296 g/mol. The Balaban J connectivity index is 1.68. The minimum atomic E-state index is -0.444. The number of nitrogens with one attached hydrogen (secondary N) is 1. The molecule has 20 heavy (non-hydrogen) atoms. The molecule has 6 heteroatoms. The van der Waals surface area contributed by atoms with Crippen LogP contribution in [0.3, 0.4) is 0 Å². The van der Waals surface area contributed by atoms with Crippen molar-refractivity contribution >= 4 is 17.3 Å².